The van der Waals surface area contributed by atoms with Crippen LogP contribution >= 0.6 is 12.2 Å². The van der Waals surface area contributed by atoms with Crippen molar-refractivity contribution in [3.8, 4) is 0 Å². The van der Waals surface area contributed by atoms with Crippen LogP contribution in [0.3, 0.4) is 0 Å². The van der Waals surface area contributed by atoms with Crippen LogP contribution < -0.4 is 10.6 Å². The average molecular weight is 365 g/mol. The third kappa shape index (κ3) is 4.11. The van der Waals surface area contributed by atoms with Crippen molar-refractivity contribution in [1.29, 1.82) is 0 Å². The molecule has 134 valence electrons. The van der Waals surface area contributed by atoms with E-state index >= 15 is 0 Å². The number of anilines is 2. The second-order valence-corrected chi connectivity index (χ2v) is 6.99. The summed E-state index contributed by atoms with van der Waals surface area (Å²) in [5.74, 6) is 0. The van der Waals surface area contributed by atoms with Crippen LogP contribution in [-0.2, 0) is 6.54 Å². The lowest BCUT2D eigenvalue weighted by Crippen LogP contribution is -2.20. The third-order valence-electron chi connectivity index (χ3n) is 4.43. The topological polar surface area (TPSA) is 41.9 Å². The van der Waals surface area contributed by atoms with Crippen molar-refractivity contribution in [3.05, 3.63) is 76.6 Å². The van der Waals surface area contributed by atoms with Gasteiger partial charge in [-0.2, -0.15) is 5.10 Å². The van der Waals surface area contributed by atoms with Gasteiger partial charge in [0, 0.05) is 5.69 Å². The zero-order valence-corrected chi connectivity index (χ0v) is 16.4. The zero-order valence-electron chi connectivity index (χ0n) is 15.6. The number of aryl methyl sites for hydroxylation is 3. The van der Waals surface area contributed by atoms with Gasteiger partial charge in [-0.05, 0) is 57.1 Å². The largest absolute Gasteiger partial charge is 0.332 e. The van der Waals surface area contributed by atoms with Gasteiger partial charge in [0.25, 0.3) is 0 Å². The van der Waals surface area contributed by atoms with Gasteiger partial charge in [0.1, 0.15) is 0 Å². The molecule has 3 rings (SSSR count). The molecule has 0 bridgehead atoms. The maximum absolute atomic E-state index is 5.49. The minimum absolute atomic E-state index is 0.570. The summed E-state index contributed by atoms with van der Waals surface area (Å²) in [6.07, 6.45) is 0. The Morgan fingerprint density at radius 3 is 2.50 bits per heavy atom. The quantitative estimate of drug-likeness (QED) is 0.641. The first kappa shape index (κ1) is 18.1. The van der Waals surface area contributed by atoms with E-state index in [0.717, 1.165) is 34.9 Å². The maximum Gasteiger partial charge on any atom is 0.175 e. The first-order chi connectivity index (χ1) is 12.4. The Hall–Kier alpha value is -2.66. The molecule has 0 radical (unpaired) electrons. The first-order valence-electron chi connectivity index (χ1n) is 8.67. The molecule has 1 aromatic heterocycles. The van der Waals surface area contributed by atoms with Gasteiger partial charge in [-0.15, -0.1) is 0 Å². The van der Waals surface area contributed by atoms with Gasteiger partial charge in [-0.1, -0.05) is 48.0 Å². The molecule has 2 N–H and O–H groups in total. The zero-order chi connectivity index (χ0) is 18.7. The Labute approximate surface area is 160 Å². The molecule has 0 spiro atoms. The number of hydrogen-bond acceptors (Lipinski definition) is 2. The maximum atomic E-state index is 5.49. The van der Waals surface area contributed by atoms with Crippen LogP contribution in [0.4, 0.5) is 11.4 Å². The van der Waals surface area contributed by atoms with Gasteiger partial charge < -0.3 is 10.6 Å². The minimum Gasteiger partial charge on any atom is -0.332 e. The molecular formula is C21H24N4S. The molecule has 0 saturated carbocycles. The lowest BCUT2D eigenvalue weighted by atomic mass is 10.1. The highest BCUT2D eigenvalue weighted by Gasteiger charge is 2.13. The normalized spacial score (nSPS) is 10.6. The van der Waals surface area contributed by atoms with Crippen LogP contribution in [0.25, 0.3) is 0 Å². The van der Waals surface area contributed by atoms with E-state index in [-0.39, 0.29) is 0 Å². The number of rotatable bonds is 4. The van der Waals surface area contributed by atoms with Gasteiger partial charge in [0.2, 0.25) is 0 Å². The van der Waals surface area contributed by atoms with Crippen LogP contribution in [0.2, 0.25) is 0 Å². The van der Waals surface area contributed by atoms with E-state index in [1.807, 2.05) is 29.8 Å². The fraction of sp³-hybridized carbons (Fsp3) is 0.238. The molecule has 0 aliphatic carbocycles. The summed E-state index contributed by atoms with van der Waals surface area (Å²) in [5.41, 5.74) is 7.62. The molecule has 4 nitrogen and oxygen atoms in total. The molecule has 3 aromatic rings. The van der Waals surface area contributed by atoms with E-state index in [9.17, 15) is 0 Å². The molecule has 0 fully saturated rings. The van der Waals surface area contributed by atoms with E-state index in [1.165, 1.54) is 11.1 Å². The van der Waals surface area contributed by atoms with Gasteiger partial charge in [-0.3, -0.25) is 4.68 Å². The van der Waals surface area contributed by atoms with Gasteiger partial charge >= 0.3 is 0 Å². The Morgan fingerprint density at radius 2 is 1.77 bits per heavy atom. The fourth-order valence-electron chi connectivity index (χ4n) is 3.00. The highest BCUT2D eigenvalue weighted by atomic mass is 32.1. The smallest absolute Gasteiger partial charge is 0.175 e. The molecule has 2 aromatic carbocycles. The van der Waals surface area contributed by atoms with E-state index in [4.69, 9.17) is 12.2 Å². The lowest BCUT2D eigenvalue weighted by molar-refractivity contribution is 0.659. The van der Waals surface area contributed by atoms with Gasteiger partial charge in [0.05, 0.1) is 23.6 Å². The molecule has 0 aliphatic heterocycles. The molecule has 0 unspecified atom stereocenters. The molecule has 26 heavy (non-hydrogen) atoms. The van der Waals surface area contributed by atoms with Crippen molar-refractivity contribution in [1.82, 2.24) is 9.78 Å². The van der Waals surface area contributed by atoms with Crippen LogP contribution in [0, 0.1) is 27.7 Å². The minimum atomic E-state index is 0.570. The Bertz CT molecular complexity index is 943. The summed E-state index contributed by atoms with van der Waals surface area (Å²) in [4.78, 5) is 0. The highest BCUT2D eigenvalue weighted by molar-refractivity contribution is 7.80. The van der Waals surface area contributed by atoms with Crippen molar-refractivity contribution >= 4 is 28.7 Å². The molecule has 0 atom stereocenters. The Kier molecular flexibility index (Phi) is 5.38. The van der Waals surface area contributed by atoms with Gasteiger partial charge in [-0.25, -0.2) is 0 Å². The SMILES string of the molecule is Cc1cccc(Cn2nc(C)c(NC(=S)Nc3ccccc3C)c2C)c1. The number of nitrogens with zero attached hydrogens (tertiary/aromatic N) is 2. The Morgan fingerprint density at radius 1 is 1.00 bits per heavy atom. The summed E-state index contributed by atoms with van der Waals surface area (Å²) in [7, 11) is 0. The summed E-state index contributed by atoms with van der Waals surface area (Å²) >= 11 is 5.49. The van der Waals surface area contributed by atoms with Crippen LogP contribution in [0.5, 0.6) is 0 Å². The third-order valence-corrected chi connectivity index (χ3v) is 4.63. The predicted molar refractivity (Wildman–Crippen MR) is 113 cm³/mol. The van der Waals surface area contributed by atoms with Crippen molar-refractivity contribution in [2.75, 3.05) is 10.6 Å². The highest BCUT2D eigenvalue weighted by Crippen LogP contribution is 2.21. The van der Waals surface area contributed by atoms with Crippen LogP contribution in [0.15, 0.2) is 48.5 Å². The summed E-state index contributed by atoms with van der Waals surface area (Å²) in [5, 5.41) is 11.8. The molecule has 0 amide bonds. The predicted octanol–water partition coefficient (Wildman–Crippen LogP) is 4.97. The summed E-state index contributed by atoms with van der Waals surface area (Å²) in [6.45, 7) is 8.97. The first-order valence-corrected chi connectivity index (χ1v) is 9.08. The molecular weight excluding hydrogens is 340 g/mol. The van der Waals surface area contributed by atoms with E-state index in [2.05, 4.69) is 66.8 Å². The van der Waals surface area contributed by atoms with Crippen LogP contribution in [0.1, 0.15) is 28.1 Å². The van der Waals surface area contributed by atoms with Crippen molar-refractivity contribution in [2.45, 2.75) is 34.2 Å². The summed E-state index contributed by atoms with van der Waals surface area (Å²) in [6, 6.07) is 16.6. The van der Waals surface area contributed by atoms with E-state index in [1.54, 1.807) is 0 Å². The molecule has 0 saturated heterocycles. The van der Waals surface area contributed by atoms with Crippen LogP contribution in [-0.4, -0.2) is 14.9 Å². The number of aromatic nitrogens is 2. The average Bonchev–Trinajstić information content (AvgIpc) is 2.84. The standard InChI is InChI=1S/C21H24N4S/c1-14-8-7-10-18(12-14)13-25-17(4)20(16(3)24-25)23-21(26)22-19-11-6-5-9-15(19)2/h5-12H,13H2,1-4H3,(H2,22,23,26). The molecule has 5 heteroatoms. The second kappa shape index (κ2) is 7.70. The number of hydrogen-bond donors (Lipinski definition) is 2. The second-order valence-electron chi connectivity index (χ2n) is 6.59. The molecule has 0 aliphatic rings. The fourth-order valence-corrected chi connectivity index (χ4v) is 3.21. The Balaban J connectivity index is 1.75. The molecule has 1 heterocycles. The number of benzene rings is 2. The van der Waals surface area contributed by atoms with E-state index in [0.29, 0.717) is 5.11 Å². The van der Waals surface area contributed by atoms with Crippen molar-refractivity contribution in [2.24, 2.45) is 0 Å². The van der Waals surface area contributed by atoms with E-state index < -0.39 is 0 Å². The number of thiocarbonyl (C=S) groups is 1. The summed E-state index contributed by atoms with van der Waals surface area (Å²) < 4.78 is 2.02. The number of para-hydroxylation sites is 1. The monoisotopic (exact) mass is 364 g/mol. The van der Waals surface area contributed by atoms with Gasteiger partial charge in [0.15, 0.2) is 5.11 Å². The number of nitrogens with one attached hydrogen (secondary N) is 2. The van der Waals surface area contributed by atoms with Crippen molar-refractivity contribution in [3.63, 3.8) is 0 Å². The lowest BCUT2D eigenvalue weighted by Gasteiger charge is -2.13. The van der Waals surface area contributed by atoms with Crippen molar-refractivity contribution < 1.29 is 0 Å².